The van der Waals surface area contributed by atoms with E-state index in [1.54, 1.807) is 0 Å². The van der Waals surface area contributed by atoms with Gasteiger partial charge in [-0.3, -0.25) is 9.69 Å². The van der Waals surface area contributed by atoms with E-state index in [1.807, 2.05) is 53.4 Å². The molecule has 0 unspecified atom stereocenters. The van der Waals surface area contributed by atoms with Crippen molar-refractivity contribution in [1.29, 1.82) is 0 Å². The number of benzene rings is 1. The van der Waals surface area contributed by atoms with Crippen LogP contribution in [-0.2, 0) is 4.79 Å². The van der Waals surface area contributed by atoms with Gasteiger partial charge >= 0.3 is 0 Å². The number of carbonyl (C=O) groups is 1. The van der Waals surface area contributed by atoms with Crippen molar-refractivity contribution < 1.29 is 9.21 Å². The third kappa shape index (κ3) is 5.89. The molecular weight excluding hydrogens is 422 g/mol. The van der Waals surface area contributed by atoms with Crippen LogP contribution in [0.4, 0.5) is 0 Å². The van der Waals surface area contributed by atoms with Crippen molar-refractivity contribution >= 4 is 40.3 Å². The van der Waals surface area contributed by atoms with E-state index in [0.29, 0.717) is 15.0 Å². The van der Waals surface area contributed by atoms with Crippen LogP contribution in [0.2, 0.25) is 0 Å². The highest BCUT2D eigenvalue weighted by Gasteiger charge is 2.36. The Morgan fingerprint density at radius 3 is 2.13 bits per heavy atom. The van der Waals surface area contributed by atoms with Crippen LogP contribution >= 0.6 is 24.0 Å². The second-order valence-corrected chi connectivity index (χ2v) is 10.2. The molecule has 5 heteroatoms. The molecule has 0 atom stereocenters. The van der Waals surface area contributed by atoms with E-state index in [0.717, 1.165) is 24.2 Å². The number of thiocarbonyl (C=S) groups is 1. The summed E-state index contributed by atoms with van der Waals surface area (Å²) in [6, 6.07) is 14.1. The lowest BCUT2D eigenvalue weighted by Crippen LogP contribution is -2.38. The fourth-order valence-corrected chi connectivity index (χ4v) is 5.89. The number of furan rings is 1. The Morgan fingerprint density at radius 1 is 0.871 bits per heavy atom. The predicted octanol–water partition coefficient (Wildman–Crippen LogP) is 7.82. The molecule has 2 aromatic rings. The van der Waals surface area contributed by atoms with Crippen molar-refractivity contribution in [3.8, 4) is 11.3 Å². The molecule has 2 heterocycles. The highest BCUT2D eigenvalue weighted by molar-refractivity contribution is 8.26. The minimum absolute atomic E-state index is 0.0461. The van der Waals surface area contributed by atoms with E-state index in [1.165, 1.54) is 69.5 Å². The maximum atomic E-state index is 13.3. The first kappa shape index (κ1) is 22.3. The summed E-state index contributed by atoms with van der Waals surface area (Å²) in [4.78, 5) is 15.9. The zero-order valence-corrected chi connectivity index (χ0v) is 19.7. The van der Waals surface area contributed by atoms with Crippen LogP contribution in [0.25, 0.3) is 17.4 Å². The Labute approximate surface area is 195 Å². The van der Waals surface area contributed by atoms with Gasteiger partial charge in [-0.25, -0.2) is 0 Å². The molecule has 1 aromatic carbocycles. The molecule has 1 aromatic heterocycles. The number of thioether (sulfide) groups is 1. The normalized spacial score (nSPS) is 21.3. The van der Waals surface area contributed by atoms with E-state index in [9.17, 15) is 4.79 Å². The summed E-state index contributed by atoms with van der Waals surface area (Å²) < 4.78 is 6.68. The van der Waals surface area contributed by atoms with E-state index in [2.05, 4.69) is 0 Å². The van der Waals surface area contributed by atoms with Crippen molar-refractivity contribution in [3.05, 3.63) is 53.1 Å². The van der Waals surface area contributed by atoms with Crippen molar-refractivity contribution in [3.63, 3.8) is 0 Å². The van der Waals surface area contributed by atoms with Crippen LogP contribution in [0.1, 0.15) is 76.4 Å². The van der Waals surface area contributed by atoms with E-state index >= 15 is 0 Å². The average molecular weight is 454 g/mol. The first-order chi connectivity index (χ1) is 15.2. The Bertz CT molecular complexity index is 906. The lowest BCUT2D eigenvalue weighted by molar-refractivity contribution is -0.123. The first-order valence-electron chi connectivity index (χ1n) is 11.6. The molecular formula is C26H31NO2S2. The maximum Gasteiger partial charge on any atom is 0.266 e. The molecule has 1 saturated carbocycles. The Morgan fingerprint density at radius 2 is 1.48 bits per heavy atom. The Kier molecular flexibility index (Phi) is 8.03. The zero-order valence-electron chi connectivity index (χ0n) is 18.1. The number of hydrogen-bond donors (Lipinski definition) is 0. The molecule has 4 rings (SSSR count). The summed E-state index contributed by atoms with van der Waals surface area (Å²) in [6.07, 6.45) is 15.5. The van der Waals surface area contributed by atoms with Crippen LogP contribution in [0.3, 0.4) is 0 Å². The molecule has 2 aliphatic rings. The van der Waals surface area contributed by atoms with Crippen molar-refractivity contribution in [2.75, 3.05) is 0 Å². The van der Waals surface area contributed by atoms with Crippen molar-refractivity contribution in [1.82, 2.24) is 4.90 Å². The highest BCUT2D eigenvalue weighted by atomic mass is 32.2. The molecule has 1 aliphatic carbocycles. The van der Waals surface area contributed by atoms with E-state index in [4.69, 9.17) is 16.6 Å². The molecule has 2 fully saturated rings. The molecule has 1 aliphatic heterocycles. The summed E-state index contributed by atoms with van der Waals surface area (Å²) >= 11 is 7.07. The molecule has 3 nitrogen and oxygen atoms in total. The van der Waals surface area contributed by atoms with Gasteiger partial charge < -0.3 is 4.42 Å². The molecule has 1 saturated heterocycles. The average Bonchev–Trinajstić information content (AvgIpc) is 3.34. The highest BCUT2D eigenvalue weighted by Crippen LogP contribution is 2.37. The number of nitrogens with zero attached hydrogens (tertiary/aromatic N) is 1. The van der Waals surface area contributed by atoms with Crippen LogP contribution in [0.5, 0.6) is 0 Å². The molecule has 0 spiro atoms. The van der Waals surface area contributed by atoms with Gasteiger partial charge in [0.2, 0.25) is 0 Å². The van der Waals surface area contributed by atoms with Gasteiger partial charge in [0.1, 0.15) is 15.8 Å². The van der Waals surface area contributed by atoms with Gasteiger partial charge in [0.15, 0.2) is 0 Å². The monoisotopic (exact) mass is 453 g/mol. The first-order valence-corrected chi connectivity index (χ1v) is 12.9. The number of amides is 1. The van der Waals surface area contributed by atoms with Crippen LogP contribution < -0.4 is 0 Å². The zero-order chi connectivity index (χ0) is 21.5. The Hall–Kier alpha value is -1.85. The van der Waals surface area contributed by atoms with Crippen molar-refractivity contribution in [2.24, 2.45) is 0 Å². The number of carbonyl (C=O) groups excluding carboxylic acids is 1. The van der Waals surface area contributed by atoms with Crippen molar-refractivity contribution in [2.45, 2.75) is 76.7 Å². The third-order valence-corrected chi connectivity index (χ3v) is 7.55. The number of rotatable bonds is 3. The topological polar surface area (TPSA) is 33.5 Å². The fourth-order valence-electron chi connectivity index (χ4n) is 4.51. The van der Waals surface area contributed by atoms with Gasteiger partial charge in [-0.05, 0) is 25.0 Å². The minimum atomic E-state index is 0.0461. The van der Waals surface area contributed by atoms with Gasteiger partial charge in [-0.15, -0.1) is 0 Å². The van der Waals surface area contributed by atoms with Gasteiger partial charge in [-0.2, -0.15) is 0 Å². The summed E-state index contributed by atoms with van der Waals surface area (Å²) in [7, 11) is 0. The molecule has 164 valence electrons. The fraction of sp³-hybridized carbons (Fsp3) is 0.462. The molecule has 0 radical (unpaired) electrons. The summed E-state index contributed by atoms with van der Waals surface area (Å²) in [6.45, 7) is 0. The predicted molar refractivity (Wildman–Crippen MR) is 134 cm³/mol. The summed E-state index contributed by atoms with van der Waals surface area (Å²) in [5, 5.41) is 0. The Balaban J connectivity index is 1.46. The second kappa shape index (κ2) is 11.1. The second-order valence-electron chi connectivity index (χ2n) is 8.53. The van der Waals surface area contributed by atoms with E-state index in [-0.39, 0.29) is 11.9 Å². The molecule has 0 N–H and O–H groups in total. The summed E-state index contributed by atoms with van der Waals surface area (Å²) in [5.74, 6) is 1.55. The lowest BCUT2D eigenvalue weighted by Gasteiger charge is -2.27. The lowest BCUT2D eigenvalue weighted by atomic mass is 9.97. The quantitative estimate of drug-likeness (QED) is 0.350. The van der Waals surface area contributed by atoms with E-state index < -0.39 is 0 Å². The summed E-state index contributed by atoms with van der Waals surface area (Å²) in [5.41, 5.74) is 1.03. The van der Waals surface area contributed by atoms with Crippen LogP contribution in [-0.4, -0.2) is 21.2 Å². The van der Waals surface area contributed by atoms with Gasteiger partial charge in [0.05, 0.1) is 4.91 Å². The molecule has 0 bridgehead atoms. The molecule has 31 heavy (non-hydrogen) atoms. The molecule has 1 amide bonds. The largest absolute Gasteiger partial charge is 0.457 e. The smallest absolute Gasteiger partial charge is 0.266 e. The van der Waals surface area contributed by atoms with Gasteiger partial charge in [0.25, 0.3) is 5.91 Å². The van der Waals surface area contributed by atoms with Crippen LogP contribution in [0.15, 0.2) is 51.8 Å². The minimum Gasteiger partial charge on any atom is -0.457 e. The SMILES string of the molecule is O=C1/C(=C/c2ccc(-c3ccccc3)o2)SC(=S)N1C1CCCCCCCCCCC1. The maximum absolute atomic E-state index is 13.3. The number of hydrogen-bond acceptors (Lipinski definition) is 4. The van der Waals surface area contributed by atoms with Gasteiger partial charge in [0, 0.05) is 17.7 Å². The standard InChI is InChI=1S/C26H31NO2S2/c28-25-24(19-22-17-18-23(29-22)20-13-9-8-10-14-20)31-26(30)27(25)21-15-11-6-4-2-1-3-5-7-12-16-21/h8-10,13-14,17-19,21H,1-7,11-12,15-16H2/b24-19-. The third-order valence-electron chi connectivity index (χ3n) is 6.22. The van der Waals surface area contributed by atoms with Gasteiger partial charge in [-0.1, -0.05) is 112 Å². The van der Waals surface area contributed by atoms with Crippen LogP contribution in [0, 0.1) is 0 Å².